The summed E-state index contributed by atoms with van der Waals surface area (Å²) in [5.41, 5.74) is 4.06. The van der Waals surface area contributed by atoms with Gasteiger partial charge in [-0.15, -0.1) is 5.10 Å². The lowest BCUT2D eigenvalue weighted by Crippen LogP contribution is -2.47. The van der Waals surface area contributed by atoms with Crippen molar-refractivity contribution in [1.29, 1.82) is 0 Å². The number of fused-ring (bicyclic) bond motifs is 1. The first-order chi connectivity index (χ1) is 18.1. The van der Waals surface area contributed by atoms with Crippen LogP contribution in [0.5, 0.6) is 0 Å². The first-order valence-corrected chi connectivity index (χ1v) is 13.6. The minimum absolute atomic E-state index is 0.170. The van der Waals surface area contributed by atoms with Crippen LogP contribution in [0.25, 0.3) is 0 Å². The summed E-state index contributed by atoms with van der Waals surface area (Å²) >= 11 is 0. The molecule has 2 atom stereocenters. The molecule has 4 rings (SSSR count). The van der Waals surface area contributed by atoms with Gasteiger partial charge in [-0.1, -0.05) is 42.8 Å². The summed E-state index contributed by atoms with van der Waals surface area (Å²) in [6.07, 6.45) is 5.89. The minimum atomic E-state index is -1.20. The third kappa shape index (κ3) is 5.66. The Morgan fingerprint density at radius 2 is 2.00 bits per heavy atom. The number of carboxylic acids is 1. The quantitative estimate of drug-likeness (QED) is 0.397. The number of pyridine rings is 1. The van der Waals surface area contributed by atoms with Crippen LogP contribution in [0.3, 0.4) is 0 Å². The fraction of sp³-hybridized carbons (Fsp3) is 0.533. The predicted octanol–water partition coefficient (Wildman–Crippen LogP) is 5.13. The molecule has 0 unspecified atom stereocenters. The molecule has 8 nitrogen and oxygen atoms in total. The zero-order chi connectivity index (χ0) is 27.5. The summed E-state index contributed by atoms with van der Waals surface area (Å²) < 4.78 is 8.19. The zero-order valence-electron chi connectivity index (χ0n) is 23.6. The van der Waals surface area contributed by atoms with Gasteiger partial charge in [0.05, 0.1) is 23.9 Å². The average molecular weight is 520 g/mol. The lowest BCUT2D eigenvalue weighted by molar-refractivity contribution is -0.177. The van der Waals surface area contributed by atoms with Crippen LogP contribution in [0.15, 0.2) is 42.7 Å². The highest BCUT2D eigenvalue weighted by Gasteiger charge is 2.49. The van der Waals surface area contributed by atoms with Crippen LogP contribution in [0, 0.1) is 18.3 Å². The molecule has 0 saturated heterocycles. The number of hydrogen-bond donors (Lipinski definition) is 1. The normalized spacial score (nSPS) is 18.0. The zero-order valence-corrected chi connectivity index (χ0v) is 23.6. The number of nitrogens with zero attached hydrogens (tertiary/aromatic N) is 5. The van der Waals surface area contributed by atoms with Crippen LogP contribution in [-0.4, -0.2) is 42.5 Å². The number of benzene rings is 1. The van der Waals surface area contributed by atoms with E-state index >= 15 is 0 Å². The fourth-order valence-electron chi connectivity index (χ4n) is 5.20. The van der Waals surface area contributed by atoms with Crippen molar-refractivity contribution in [2.45, 2.75) is 86.2 Å². The molecule has 3 aromatic rings. The second-order valence-electron chi connectivity index (χ2n) is 11.2. The lowest BCUT2D eigenvalue weighted by atomic mass is 9.71. The molecule has 0 aliphatic carbocycles. The van der Waals surface area contributed by atoms with Gasteiger partial charge in [-0.05, 0) is 75.3 Å². The molecule has 204 valence electrons. The van der Waals surface area contributed by atoms with Crippen molar-refractivity contribution < 1.29 is 14.6 Å². The molecule has 2 aromatic heterocycles. The van der Waals surface area contributed by atoms with E-state index in [9.17, 15) is 9.90 Å². The van der Waals surface area contributed by atoms with Gasteiger partial charge < -0.3 is 9.84 Å². The van der Waals surface area contributed by atoms with Gasteiger partial charge >= 0.3 is 5.97 Å². The number of rotatable bonds is 10. The topological polar surface area (TPSA) is 93.4 Å². The van der Waals surface area contributed by atoms with E-state index in [1.165, 1.54) is 16.7 Å². The number of carboxylic acid groups (broad SMARTS) is 1. The molecular weight excluding hydrogens is 478 g/mol. The molecule has 0 bridgehead atoms. The van der Waals surface area contributed by atoms with E-state index in [-0.39, 0.29) is 6.61 Å². The first kappa shape index (κ1) is 27.9. The Morgan fingerprint density at radius 3 is 2.68 bits per heavy atom. The van der Waals surface area contributed by atoms with Gasteiger partial charge in [0.2, 0.25) is 0 Å². The second kappa shape index (κ2) is 11.3. The standard InChI is InChI=1S/C30H41N5O3/c1-7-22-14-23-10-9-13-31-27(23)19-34(16-22)17-24-15-25(12-11-21(24)3)30(6,29(4,5)28(36)37)38-20-26-18-35(8-2)33-32-26/h9-13,15,18,22H,7-8,14,16-17,19-20H2,1-6H3,(H,36,37)/t22-,30+/m0/s1. The highest BCUT2D eigenvalue weighted by Crippen LogP contribution is 2.44. The molecule has 1 aromatic carbocycles. The van der Waals surface area contributed by atoms with Gasteiger partial charge in [-0.3, -0.25) is 19.4 Å². The van der Waals surface area contributed by atoms with Crippen molar-refractivity contribution in [2.24, 2.45) is 11.3 Å². The molecule has 0 saturated carbocycles. The minimum Gasteiger partial charge on any atom is -0.481 e. The van der Waals surface area contributed by atoms with E-state index in [4.69, 9.17) is 9.72 Å². The van der Waals surface area contributed by atoms with Gasteiger partial charge in [0.15, 0.2) is 0 Å². The van der Waals surface area contributed by atoms with Crippen LogP contribution >= 0.6 is 0 Å². The second-order valence-corrected chi connectivity index (χ2v) is 11.2. The Hall–Kier alpha value is -3.10. The van der Waals surface area contributed by atoms with Crippen LogP contribution in [-0.2, 0) is 47.8 Å². The van der Waals surface area contributed by atoms with Crippen LogP contribution < -0.4 is 0 Å². The van der Waals surface area contributed by atoms with E-state index in [2.05, 4.69) is 47.3 Å². The summed E-state index contributed by atoms with van der Waals surface area (Å²) in [7, 11) is 0. The third-order valence-corrected chi connectivity index (χ3v) is 8.40. The molecule has 0 fully saturated rings. The Kier molecular flexibility index (Phi) is 8.33. The van der Waals surface area contributed by atoms with Crippen LogP contribution in [0.2, 0.25) is 0 Å². The molecule has 0 radical (unpaired) electrons. The molecule has 0 amide bonds. The van der Waals surface area contributed by atoms with Crippen molar-refractivity contribution in [3.63, 3.8) is 0 Å². The molecule has 1 N–H and O–H groups in total. The summed E-state index contributed by atoms with van der Waals surface area (Å²) in [6.45, 7) is 15.1. The lowest BCUT2D eigenvalue weighted by Gasteiger charge is -2.41. The van der Waals surface area contributed by atoms with E-state index in [0.29, 0.717) is 18.2 Å². The van der Waals surface area contributed by atoms with Crippen molar-refractivity contribution in [3.05, 3.63) is 76.4 Å². The van der Waals surface area contributed by atoms with Crippen molar-refractivity contribution >= 4 is 5.97 Å². The Morgan fingerprint density at radius 1 is 1.21 bits per heavy atom. The third-order valence-electron chi connectivity index (χ3n) is 8.40. The first-order valence-electron chi connectivity index (χ1n) is 13.6. The number of aryl methyl sites for hydroxylation is 2. The van der Waals surface area contributed by atoms with E-state index in [1.807, 2.05) is 38.4 Å². The number of ether oxygens (including phenoxy) is 1. The summed E-state index contributed by atoms with van der Waals surface area (Å²) in [6, 6.07) is 10.5. The number of aliphatic carboxylic acids is 1. The van der Waals surface area contributed by atoms with Crippen molar-refractivity contribution in [1.82, 2.24) is 24.9 Å². The van der Waals surface area contributed by atoms with Gasteiger partial charge in [0, 0.05) is 32.4 Å². The highest BCUT2D eigenvalue weighted by molar-refractivity contribution is 5.75. The molecule has 8 heteroatoms. The van der Waals surface area contributed by atoms with E-state index in [0.717, 1.165) is 43.7 Å². The highest BCUT2D eigenvalue weighted by atomic mass is 16.5. The molecule has 1 aliphatic heterocycles. The van der Waals surface area contributed by atoms with Gasteiger partial charge in [-0.2, -0.15) is 0 Å². The van der Waals surface area contributed by atoms with Gasteiger partial charge in [-0.25, -0.2) is 0 Å². The monoisotopic (exact) mass is 519 g/mol. The maximum Gasteiger partial charge on any atom is 0.312 e. The van der Waals surface area contributed by atoms with Crippen LogP contribution in [0.4, 0.5) is 0 Å². The number of hydrogen-bond acceptors (Lipinski definition) is 6. The summed E-state index contributed by atoms with van der Waals surface area (Å²) in [5, 5.41) is 18.5. The number of aromatic nitrogens is 4. The smallest absolute Gasteiger partial charge is 0.312 e. The molecule has 38 heavy (non-hydrogen) atoms. The maximum atomic E-state index is 12.5. The fourth-order valence-corrected chi connectivity index (χ4v) is 5.20. The van der Waals surface area contributed by atoms with Crippen molar-refractivity contribution in [2.75, 3.05) is 6.54 Å². The van der Waals surface area contributed by atoms with Crippen molar-refractivity contribution in [3.8, 4) is 0 Å². The summed E-state index contributed by atoms with van der Waals surface area (Å²) in [4.78, 5) is 19.6. The SMILES string of the molecule is CC[C@H]1Cc2cccnc2CN(Cc2cc([C@@](C)(OCc3cn(CC)nn3)C(C)(C)C(=O)O)ccc2C)C1. The molecular formula is C30H41N5O3. The number of carbonyl (C=O) groups is 1. The van der Waals surface area contributed by atoms with E-state index < -0.39 is 17.0 Å². The van der Waals surface area contributed by atoms with E-state index in [1.54, 1.807) is 18.5 Å². The van der Waals surface area contributed by atoms with Gasteiger partial charge in [0.1, 0.15) is 11.3 Å². The molecule has 3 heterocycles. The Labute approximate surface area is 226 Å². The van der Waals surface area contributed by atoms with Crippen LogP contribution in [0.1, 0.15) is 74.7 Å². The Balaban J connectivity index is 1.65. The Bertz CT molecular complexity index is 1270. The summed E-state index contributed by atoms with van der Waals surface area (Å²) in [5.74, 6) is -0.347. The largest absolute Gasteiger partial charge is 0.481 e. The molecule has 1 aliphatic rings. The predicted molar refractivity (Wildman–Crippen MR) is 146 cm³/mol. The average Bonchev–Trinajstić information content (AvgIpc) is 3.29. The molecule has 0 spiro atoms. The maximum absolute atomic E-state index is 12.5. The van der Waals surface area contributed by atoms with Gasteiger partial charge in [0.25, 0.3) is 0 Å².